The van der Waals surface area contributed by atoms with Crippen molar-refractivity contribution in [3.05, 3.63) is 0 Å². The molecule has 98 valence electrons. The van der Waals surface area contributed by atoms with Gasteiger partial charge in [0.1, 0.15) is 0 Å². The maximum absolute atomic E-state index is 11.7. The molecule has 1 amide bonds. The smallest absolute Gasteiger partial charge is 0.239 e. The number of likely N-dealkylation sites (N-methyl/N-ethyl adjacent to an activating group) is 1. The zero-order valence-corrected chi connectivity index (χ0v) is 11.6. The van der Waals surface area contributed by atoms with Gasteiger partial charge in [-0.3, -0.25) is 4.79 Å². The third-order valence-corrected chi connectivity index (χ3v) is 2.64. The highest BCUT2D eigenvalue weighted by atomic mass is 35.5. The van der Waals surface area contributed by atoms with Crippen LogP contribution in [0.5, 0.6) is 0 Å². The van der Waals surface area contributed by atoms with Crippen LogP contribution in [0.3, 0.4) is 0 Å². The second-order valence-electron chi connectivity index (χ2n) is 4.23. The zero-order valence-electron chi connectivity index (χ0n) is 10.0. The quantitative estimate of drug-likeness (QED) is 0.824. The largest absolute Gasteiger partial charge is 0.340 e. The predicted molar refractivity (Wildman–Crippen MR) is 71.5 cm³/mol. The molecule has 0 bridgehead atoms. The highest BCUT2D eigenvalue weighted by Crippen LogP contribution is 2.10. The van der Waals surface area contributed by atoms with Crippen molar-refractivity contribution in [2.45, 2.75) is 25.3 Å². The molecular formula is C10H23Cl2N3O. The Balaban J connectivity index is 0. The normalized spacial score (nSPS) is 21.1. The predicted octanol–water partition coefficient (Wildman–Crippen LogP) is 0.731. The van der Waals surface area contributed by atoms with Gasteiger partial charge in [-0.2, -0.15) is 0 Å². The lowest BCUT2D eigenvalue weighted by Crippen LogP contribution is -2.44. The molecule has 0 radical (unpaired) electrons. The minimum absolute atomic E-state index is 0. The Kier molecular flexibility index (Phi) is 10.4. The van der Waals surface area contributed by atoms with Crippen LogP contribution in [0, 0.1) is 0 Å². The Morgan fingerprint density at radius 3 is 2.56 bits per heavy atom. The molecule has 16 heavy (non-hydrogen) atoms. The van der Waals surface area contributed by atoms with E-state index in [-0.39, 0.29) is 36.8 Å². The number of nitrogens with zero attached hydrogens (tertiary/aromatic N) is 2. The van der Waals surface area contributed by atoms with Crippen LogP contribution in [-0.2, 0) is 4.79 Å². The summed E-state index contributed by atoms with van der Waals surface area (Å²) in [5.41, 5.74) is 5.77. The molecule has 1 saturated heterocycles. The maximum atomic E-state index is 11.7. The van der Waals surface area contributed by atoms with Crippen molar-refractivity contribution in [1.82, 2.24) is 9.80 Å². The summed E-state index contributed by atoms with van der Waals surface area (Å²) < 4.78 is 0. The molecule has 2 N–H and O–H groups in total. The van der Waals surface area contributed by atoms with Gasteiger partial charge in [0.05, 0.1) is 6.04 Å². The molecule has 1 fully saturated rings. The number of rotatable bonds is 3. The van der Waals surface area contributed by atoms with Gasteiger partial charge in [-0.15, -0.1) is 24.8 Å². The first kappa shape index (κ1) is 18.3. The van der Waals surface area contributed by atoms with Gasteiger partial charge in [-0.25, -0.2) is 0 Å². The number of likely N-dealkylation sites (tertiary alicyclic amines) is 1. The third-order valence-electron chi connectivity index (χ3n) is 2.64. The summed E-state index contributed by atoms with van der Waals surface area (Å²) in [6.07, 6.45) is 3.01. The molecule has 1 rings (SSSR count). The maximum Gasteiger partial charge on any atom is 0.239 e. The Morgan fingerprint density at radius 1 is 1.38 bits per heavy atom. The van der Waals surface area contributed by atoms with Crippen molar-refractivity contribution in [3.8, 4) is 0 Å². The summed E-state index contributed by atoms with van der Waals surface area (Å²) >= 11 is 0. The summed E-state index contributed by atoms with van der Waals surface area (Å²) in [5.74, 6) is 0.129. The van der Waals surface area contributed by atoms with Gasteiger partial charge in [-0.05, 0) is 33.4 Å². The molecule has 0 aromatic heterocycles. The van der Waals surface area contributed by atoms with Crippen LogP contribution in [0.1, 0.15) is 19.3 Å². The van der Waals surface area contributed by atoms with Gasteiger partial charge in [0.15, 0.2) is 0 Å². The van der Waals surface area contributed by atoms with E-state index in [2.05, 4.69) is 4.90 Å². The minimum Gasteiger partial charge on any atom is -0.340 e. The first-order valence-electron chi connectivity index (χ1n) is 5.30. The van der Waals surface area contributed by atoms with E-state index in [9.17, 15) is 4.79 Å². The highest BCUT2D eigenvalue weighted by Gasteiger charge is 2.23. The van der Waals surface area contributed by atoms with E-state index >= 15 is 0 Å². The number of hydrogen-bond donors (Lipinski definition) is 1. The van der Waals surface area contributed by atoms with E-state index < -0.39 is 0 Å². The van der Waals surface area contributed by atoms with Gasteiger partial charge < -0.3 is 15.5 Å². The van der Waals surface area contributed by atoms with E-state index in [1.807, 2.05) is 19.0 Å². The highest BCUT2D eigenvalue weighted by molar-refractivity contribution is 5.85. The summed E-state index contributed by atoms with van der Waals surface area (Å²) in [6, 6.07) is -0.264. The second kappa shape index (κ2) is 9.05. The number of nitrogens with two attached hydrogens (primary N) is 1. The third kappa shape index (κ3) is 5.89. The molecule has 1 heterocycles. The Hall–Kier alpha value is -0.0300. The van der Waals surface area contributed by atoms with Crippen LogP contribution in [0.2, 0.25) is 0 Å². The minimum atomic E-state index is -0.264. The molecule has 1 unspecified atom stereocenters. The Bertz CT molecular complexity index is 203. The van der Waals surface area contributed by atoms with Gasteiger partial charge in [-0.1, -0.05) is 0 Å². The molecular weight excluding hydrogens is 249 g/mol. The van der Waals surface area contributed by atoms with Crippen molar-refractivity contribution in [1.29, 1.82) is 0 Å². The van der Waals surface area contributed by atoms with E-state index in [1.54, 1.807) is 0 Å². The molecule has 1 aliphatic rings. The molecule has 0 aliphatic carbocycles. The van der Waals surface area contributed by atoms with E-state index in [0.717, 1.165) is 38.9 Å². The SMILES string of the molecule is CN(C)CCN1CCCCC(N)C1=O.Cl.Cl. The fourth-order valence-electron chi connectivity index (χ4n) is 1.68. The van der Waals surface area contributed by atoms with Crippen molar-refractivity contribution in [3.63, 3.8) is 0 Å². The standard InChI is InChI=1S/C10H21N3O.2ClH/c1-12(2)7-8-13-6-4-3-5-9(11)10(13)14;;/h9H,3-8,11H2,1-2H3;2*1H. The van der Waals surface area contributed by atoms with E-state index in [0.29, 0.717) is 0 Å². The number of carbonyl (C=O) groups excluding carboxylic acids is 1. The van der Waals surface area contributed by atoms with Gasteiger partial charge in [0.25, 0.3) is 0 Å². The van der Waals surface area contributed by atoms with Gasteiger partial charge in [0.2, 0.25) is 5.91 Å². The van der Waals surface area contributed by atoms with Crippen molar-refractivity contribution in [2.75, 3.05) is 33.7 Å². The molecule has 1 aliphatic heterocycles. The van der Waals surface area contributed by atoms with Crippen LogP contribution < -0.4 is 5.73 Å². The number of hydrogen-bond acceptors (Lipinski definition) is 3. The molecule has 0 spiro atoms. The summed E-state index contributed by atoms with van der Waals surface area (Å²) in [5, 5.41) is 0. The summed E-state index contributed by atoms with van der Waals surface area (Å²) in [4.78, 5) is 15.7. The van der Waals surface area contributed by atoms with Crippen LogP contribution >= 0.6 is 24.8 Å². The average molecular weight is 272 g/mol. The van der Waals surface area contributed by atoms with Gasteiger partial charge >= 0.3 is 0 Å². The molecule has 0 aromatic carbocycles. The summed E-state index contributed by atoms with van der Waals surface area (Å²) in [7, 11) is 4.03. The second-order valence-corrected chi connectivity index (χ2v) is 4.23. The van der Waals surface area contributed by atoms with E-state index in [4.69, 9.17) is 5.73 Å². The van der Waals surface area contributed by atoms with E-state index in [1.165, 1.54) is 0 Å². The Morgan fingerprint density at radius 2 is 2.00 bits per heavy atom. The van der Waals surface area contributed by atoms with Crippen molar-refractivity contribution >= 4 is 30.7 Å². The average Bonchev–Trinajstić information content (AvgIpc) is 2.28. The van der Waals surface area contributed by atoms with Crippen LogP contribution in [0.25, 0.3) is 0 Å². The van der Waals surface area contributed by atoms with Crippen LogP contribution in [0.4, 0.5) is 0 Å². The molecule has 4 nitrogen and oxygen atoms in total. The number of amides is 1. The number of carbonyl (C=O) groups is 1. The molecule has 0 aromatic rings. The lowest BCUT2D eigenvalue weighted by molar-refractivity contribution is -0.132. The van der Waals surface area contributed by atoms with Crippen molar-refractivity contribution in [2.24, 2.45) is 5.73 Å². The van der Waals surface area contributed by atoms with Crippen LogP contribution in [-0.4, -0.2) is 55.5 Å². The fourth-order valence-corrected chi connectivity index (χ4v) is 1.68. The first-order chi connectivity index (χ1) is 6.61. The number of halogens is 2. The van der Waals surface area contributed by atoms with Crippen molar-refractivity contribution < 1.29 is 4.79 Å². The zero-order chi connectivity index (χ0) is 10.6. The Labute approximate surface area is 110 Å². The lowest BCUT2D eigenvalue weighted by Gasteiger charge is -2.24. The monoisotopic (exact) mass is 271 g/mol. The molecule has 6 heteroatoms. The van der Waals surface area contributed by atoms with Crippen LogP contribution in [0.15, 0.2) is 0 Å². The molecule has 0 saturated carbocycles. The topological polar surface area (TPSA) is 49.6 Å². The van der Waals surface area contributed by atoms with Gasteiger partial charge in [0, 0.05) is 19.6 Å². The first-order valence-corrected chi connectivity index (χ1v) is 5.30. The fraction of sp³-hybridized carbons (Fsp3) is 0.900. The lowest BCUT2D eigenvalue weighted by atomic mass is 10.1. The summed E-state index contributed by atoms with van der Waals surface area (Å²) in [6.45, 7) is 2.60. The molecule has 1 atom stereocenters.